The minimum Gasteiger partial charge on any atom is -0.478 e. The first kappa shape index (κ1) is 17.3. The first-order chi connectivity index (χ1) is 10.8. The van der Waals surface area contributed by atoms with Gasteiger partial charge >= 0.3 is 5.97 Å². The van der Waals surface area contributed by atoms with Gasteiger partial charge in [0.15, 0.2) is 0 Å². The van der Waals surface area contributed by atoms with Crippen molar-refractivity contribution in [1.29, 1.82) is 0 Å². The molecule has 1 aromatic heterocycles. The van der Waals surface area contributed by atoms with Gasteiger partial charge in [0.2, 0.25) is 0 Å². The molecule has 1 N–H and O–H groups in total. The van der Waals surface area contributed by atoms with Crippen LogP contribution >= 0.6 is 0 Å². The molecule has 0 aliphatic heterocycles. The second-order valence-corrected chi connectivity index (χ2v) is 6.89. The van der Waals surface area contributed by atoms with Crippen LogP contribution in [0.25, 0.3) is 5.69 Å². The third-order valence-electron chi connectivity index (χ3n) is 4.07. The molecule has 124 valence electrons. The zero-order valence-corrected chi connectivity index (χ0v) is 14.7. The van der Waals surface area contributed by atoms with Crippen LogP contribution in [0.2, 0.25) is 0 Å². The highest BCUT2D eigenvalue weighted by molar-refractivity contribution is 5.90. The fourth-order valence-electron chi connectivity index (χ4n) is 2.78. The number of aryl methyl sites for hydroxylation is 1. The zero-order valence-electron chi connectivity index (χ0n) is 14.7. The normalized spacial score (nSPS) is 11.7. The summed E-state index contributed by atoms with van der Waals surface area (Å²) in [6, 6.07) is 8.24. The summed E-state index contributed by atoms with van der Waals surface area (Å²) < 4.78 is 1.80. The topological polar surface area (TPSA) is 55.1 Å². The van der Waals surface area contributed by atoms with E-state index in [9.17, 15) is 9.90 Å². The minimum absolute atomic E-state index is 0.0930. The largest absolute Gasteiger partial charge is 0.478 e. The number of nitrogens with zero attached hydrogens (tertiary/aromatic N) is 2. The van der Waals surface area contributed by atoms with Gasteiger partial charge in [0.25, 0.3) is 0 Å². The quantitative estimate of drug-likeness (QED) is 0.891. The van der Waals surface area contributed by atoms with Crippen molar-refractivity contribution in [2.24, 2.45) is 0 Å². The van der Waals surface area contributed by atoms with Gasteiger partial charge < -0.3 is 5.11 Å². The molecule has 0 aliphatic rings. The lowest BCUT2D eigenvalue weighted by molar-refractivity contribution is 0.0694. The predicted molar refractivity (Wildman–Crippen MR) is 92.6 cm³/mol. The van der Waals surface area contributed by atoms with Gasteiger partial charge in [0.1, 0.15) is 5.56 Å². The lowest BCUT2D eigenvalue weighted by atomic mass is 9.87. The summed E-state index contributed by atoms with van der Waals surface area (Å²) in [6.45, 7) is 10.5. The molecule has 23 heavy (non-hydrogen) atoms. The summed E-state index contributed by atoms with van der Waals surface area (Å²) >= 11 is 0. The standard InChI is InChI=1S/C19H26N2O2/c1-6-8-16-17(18(22)23)15(7-2)20-21(16)14-11-9-13(10-12-14)19(3,4)5/h9-12H,6-8H2,1-5H3,(H,22,23). The maximum absolute atomic E-state index is 11.7. The molecule has 0 unspecified atom stereocenters. The number of aromatic carboxylic acids is 1. The van der Waals surface area contributed by atoms with Crippen LogP contribution < -0.4 is 0 Å². The molecule has 0 bridgehead atoms. The second kappa shape index (κ2) is 6.57. The molecular formula is C19H26N2O2. The Morgan fingerprint density at radius 3 is 2.22 bits per heavy atom. The van der Waals surface area contributed by atoms with Crippen molar-refractivity contribution < 1.29 is 9.90 Å². The molecule has 1 heterocycles. The molecule has 0 fully saturated rings. The third kappa shape index (κ3) is 3.46. The lowest BCUT2D eigenvalue weighted by Gasteiger charge is -2.19. The van der Waals surface area contributed by atoms with Crippen LogP contribution in [0.3, 0.4) is 0 Å². The molecule has 0 radical (unpaired) electrons. The Morgan fingerprint density at radius 1 is 1.17 bits per heavy atom. The van der Waals surface area contributed by atoms with Gasteiger partial charge in [0, 0.05) is 0 Å². The van der Waals surface area contributed by atoms with Crippen molar-refractivity contribution in [3.8, 4) is 5.69 Å². The number of carbonyl (C=O) groups is 1. The molecule has 4 heteroatoms. The van der Waals surface area contributed by atoms with Gasteiger partial charge in [-0.25, -0.2) is 9.48 Å². The van der Waals surface area contributed by atoms with Crippen molar-refractivity contribution in [1.82, 2.24) is 9.78 Å². The number of hydrogen-bond donors (Lipinski definition) is 1. The summed E-state index contributed by atoms with van der Waals surface area (Å²) in [5, 5.41) is 14.1. The van der Waals surface area contributed by atoms with E-state index < -0.39 is 5.97 Å². The van der Waals surface area contributed by atoms with E-state index in [2.05, 4.69) is 44.9 Å². The van der Waals surface area contributed by atoms with Crippen LogP contribution in [0, 0.1) is 0 Å². The predicted octanol–water partition coefficient (Wildman–Crippen LogP) is 4.38. The third-order valence-corrected chi connectivity index (χ3v) is 4.07. The Balaban J connectivity index is 2.56. The summed E-state index contributed by atoms with van der Waals surface area (Å²) in [5.74, 6) is -0.886. The summed E-state index contributed by atoms with van der Waals surface area (Å²) in [7, 11) is 0. The van der Waals surface area contributed by atoms with Crippen molar-refractivity contribution in [3.05, 3.63) is 46.8 Å². The Hall–Kier alpha value is -2.10. The van der Waals surface area contributed by atoms with Crippen molar-refractivity contribution in [2.75, 3.05) is 0 Å². The van der Waals surface area contributed by atoms with Gasteiger partial charge in [0.05, 0.1) is 17.1 Å². The maximum atomic E-state index is 11.7. The average molecular weight is 314 g/mol. The first-order valence-corrected chi connectivity index (χ1v) is 8.24. The number of benzene rings is 1. The minimum atomic E-state index is -0.886. The molecule has 0 spiro atoms. The highest BCUT2D eigenvalue weighted by Crippen LogP contribution is 2.25. The van der Waals surface area contributed by atoms with E-state index in [4.69, 9.17) is 0 Å². The zero-order chi connectivity index (χ0) is 17.2. The number of carboxylic acid groups (broad SMARTS) is 1. The van der Waals surface area contributed by atoms with Crippen LogP contribution in [0.4, 0.5) is 0 Å². The van der Waals surface area contributed by atoms with Crippen LogP contribution in [0.15, 0.2) is 24.3 Å². The second-order valence-electron chi connectivity index (χ2n) is 6.89. The van der Waals surface area contributed by atoms with Crippen molar-refractivity contribution >= 4 is 5.97 Å². The van der Waals surface area contributed by atoms with Crippen LogP contribution in [0.1, 0.15) is 68.3 Å². The van der Waals surface area contributed by atoms with Crippen LogP contribution in [-0.2, 0) is 18.3 Å². The van der Waals surface area contributed by atoms with E-state index in [1.807, 2.05) is 19.1 Å². The SMILES string of the molecule is CCCc1c(C(=O)O)c(CC)nn1-c1ccc(C(C)(C)C)cc1. The molecule has 0 atom stereocenters. The number of aromatic nitrogens is 2. The number of hydrogen-bond acceptors (Lipinski definition) is 2. The van der Waals surface area contributed by atoms with Gasteiger partial charge in [-0.1, -0.05) is 53.2 Å². The Kier molecular flexibility index (Phi) is 4.93. The smallest absolute Gasteiger partial charge is 0.339 e. The van der Waals surface area contributed by atoms with Crippen LogP contribution in [0.5, 0.6) is 0 Å². The van der Waals surface area contributed by atoms with Crippen LogP contribution in [-0.4, -0.2) is 20.9 Å². The Labute approximate surface area is 138 Å². The van der Waals surface area contributed by atoms with E-state index in [-0.39, 0.29) is 5.41 Å². The van der Waals surface area contributed by atoms with E-state index in [1.54, 1.807) is 4.68 Å². The van der Waals surface area contributed by atoms with E-state index in [0.717, 1.165) is 17.8 Å². The molecule has 2 aromatic rings. The Morgan fingerprint density at radius 2 is 1.78 bits per heavy atom. The van der Waals surface area contributed by atoms with E-state index in [1.165, 1.54) is 5.56 Å². The maximum Gasteiger partial charge on any atom is 0.339 e. The summed E-state index contributed by atoms with van der Waals surface area (Å²) in [5.41, 5.74) is 4.08. The van der Waals surface area contributed by atoms with E-state index in [0.29, 0.717) is 24.1 Å². The van der Waals surface area contributed by atoms with Crippen molar-refractivity contribution in [2.45, 2.75) is 59.3 Å². The molecule has 0 aliphatic carbocycles. The first-order valence-electron chi connectivity index (χ1n) is 8.24. The van der Waals surface area contributed by atoms with Gasteiger partial charge in [-0.3, -0.25) is 0 Å². The molecular weight excluding hydrogens is 288 g/mol. The molecule has 0 amide bonds. The average Bonchev–Trinajstić information content (AvgIpc) is 2.85. The molecule has 0 saturated carbocycles. The van der Waals surface area contributed by atoms with Crippen molar-refractivity contribution in [3.63, 3.8) is 0 Å². The molecule has 0 saturated heterocycles. The fraction of sp³-hybridized carbons (Fsp3) is 0.474. The highest BCUT2D eigenvalue weighted by Gasteiger charge is 2.22. The van der Waals surface area contributed by atoms with Gasteiger partial charge in [-0.15, -0.1) is 0 Å². The molecule has 4 nitrogen and oxygen atoms in total. The fourth-order valence-corrected chi connectivity index (χ4v) is 2.78. The number of carboxylic acids is 1. The van der Waals surface area contributed by atoms with E-state index >= 15 is 0 Å². The van der Waals surface area contributed by atoms with Gasteiger partial charge in [-0.2, -0.15) is 5.10 Å². The summed E-state index contributed by atoms with van der Waals surface area (Å²) in [4.78, 5) is 11.7. The lowest BCUT2D eigenvalue weighted by Crippen LogP contribution is -2.11. The number of rotatable bonds is 5. The highest BCUT2D eigenvalue weighted by atomic mass is 16.4. The Bertz CT molecular complexity index is 691. The molecule has 2 rings (SSSR count). The molecule has 1 aromatic carbocycles. The van der Waals surface area contributed by atoms with Gasteiger partial charge in [-0.05, 0) is 36.0 Å². The monoisotopic (exact) mass is 314 g/mol. The summed E-state index contributed by atoms with van der Waals surface area (Å²) in [6.07, 6.45) is 2.20.